The summed E-state index contributed by atoms with van der Waals surface area (Å²) in [4.78, 5) is 36.8. The molecule has 32 heavy (non-hydrogen) atoms. The fourth-order valence-electron chi connectivity index (χ4n) is 3.25. The van der Waals surface area contributed by atoms with Crippen LogP contribution in [0.2, 0.25) is 10.0 Å². The van der Waals surface area contributed by atoms with E-state index in [2.05, 4.69) is 30.3 Å². The van der Waals surface area contributed by atoms with Gasteiger partial charge >= 0.3 is 6.09 Å². The van der Waals surface area contributed by atoms with Crippen molar-refractivity contribution >= 4 is 41.0 Å². The number of hydrogen-bond acceptors (Lipinski definition) is 7. The summed E-state index contributed by atoms with van der Waals surface area (Å²) in [6.45, 7) is 0.371. The Labute approximate surface area is 192 Å². The molecule has 0 saturated heterocycles. The first-order valence-electron chi connectivity index (χ1n) is 9.45. The van der Waals surface area contributed by atoms with Crippen LogP contribution in [0.5, 0.6) is 0 Å². The highest BCUT2D eigenvalue weighted by Crippen LogP contribution is 2.29. The summed E-state index contributed by atoms with van der Waals surface area (Å²) >= 11 is 12.2. The van der Waals surface area contributed by atoms with E-state index in [-0.39, 0.29) is 12.3 Å². The van der Waals surface area contributed by atoms with Crippen LogP contribution in [-0.4, -0.2) is 34.9 Å². The molecule has 1 unspecified atom stereocenters. The Bertz CT molecular complexity index is 1200. The number of ether oxygens (including phenoxy) is 1. The Morgan fingerprint density at radius 1 is 1.22 bits per heavy atom. The predicted molar refractivity (Wildman–Crippen MR) is 117 cm³/mol. The highest BCUT2D eigenvalue weighted by atomic mass is 35.5. The van der Waals surface area contributed by atoms with Gasteiger partial charge in [0, 0.05) is 11.8 Å². The smallest absolute Gasteiger partial charge is 0.412 e. The zero-order valence-corrected chi connectivity index (χ0v) is 18.3. The number of hydrogen-bond donors (Lipinski definition) is 2. The summed E-state index contributed by atoms with van der Waals surface area (Å²) in [5.41, 5.74) is 2.79. The SMILES string of the molecule is COC(=O)NC1=NCc2cc(CC(=O)NC(c3ccc(Cl)c(Cl)c3)c3cnco3)ncc21. The number of fused-ring (bicyclic) bond motifs is 1. The lowest BCUT2D eigenvalue weighted by Crippen LogP contribution is -2.31. The molecule has 0 aliphatic carbocycles. The number of aromatic nitrogens is 2. The van der Waals surface area contributed by atoms with Gasteiger partial charge in [0.2, 0.25) is 5.91 Å². The standard InChI is InChI=1S/C21H17Cl2N5O4/c1-31-21(30)28-20-14-8-25-13(4-12(14)7-26-20)6-18(29)27-19(17-9-24-10-32-17)11-2-3-15(22)16(23)5-11/h2-5,8-10,19H,6-7H2,1H3,(H,27,29)(H,26,28,30). The van der Waals surface area contributed by atoms with E-state index in [9.17, 15) is 9.59 Å². The van der Waals surface area contributed by atoms with E-state index >= 15 is 0 Å². The molecule has 1 aliphatic rings. The molecule has 9 nitrogen and oxygen atoms in total. The lowest BCUT2D eigenvalue weighted by atomic mass is 10.0. The Kier molecular flexibility index (Phi) is 6.38. The van der Waals surface area contributed by atoms with Crippen molar-refractivity contribution in [3.63, 3.8) is 0 Å². The first-order valence-corrected chi connectivity index (χ1v) is 10.2. The average Bonchev–Trinajstić information content (AvgIpc) is 3.44. The maximum atomic E-state index is 12.8. The van der Waals surface area contributed by atoms with Gasteiger partial charge in [-0.2, -0.15) is 0 Å². The van der Waals surface area contributed by atoms with Crippen molar-refractivity contribution < 1.29 is 18.7 Å². The Balaban J connectivity index is 1.48. The molecule has 11 heteroatoms. The first kappa shape index (κ1) is 21.8. The fraction of sp³-hybridized carbons (Fsp3) is 0.190. The summed E-state index contributed by atoms with van der Waals surface area (Å²) in [7, 11) is 1.27. The van der Waals surface area contributed by atoms with Gasteiger partial charge in [-0.05, 0) is 29.3 Å². The van der Waals surface area contributed by atoms with Crippen molar-refractivity contribution in [2.75, 3.05) is 7.11 Å². The van der Waals surface area contributed by atoms with E-state index in [1.54, 1.807) is 30.5 Å². The van der Waals surface area contributed by atoms with Gasteiger partial charge in [0.1, 0.15) is 11.9 Å². The first-order chi connectivity index (χ1) is 15.4. The number of aliphatic imine (C=N–C) groups is 1. The summed E-state index contributed by atoms with van der Waals surface area (Å²) in [6, 6.07) is 6.25. The van der Waals surface area contributed by atoms with Gasteiger partial charge in [0.15, 0.2) is 12.2 Å². The zero-order valence-electron chi connectivity index (χ0n) is 16.8. The fourth-order valence-corrected chi connectivity index (χ4v) is 3.55. The molecule has 0 radical (unpaired) electrons. The molecule has 0 bridgehead atoms. The Morgan fingerprint density at radius 3 is 2.78 bits per heavy atom. The van der Waals surface area contributed by atoms with Crippen molar-refractivity contribution in [2.24, 2.45) is 4.99 Å². The molecule has 3 heterocycles. The quantitative estimate of drug-likeness (QED) is 0.585. The number of halogens is 2. The van der Waals surface area contributed by atoms with Crippen molar-refractivity contribution in [3.05, 3.63) is 81.2 Å². The molecule has 1 atom stereocenters. The number of pyridine rings is 1. The molecule has 2 aromatic heterocycles. The van der Waals surface area contributed by atoms with Crippen LogP contribution in [-0.2, 0) is 22.5 Å². The third kappa shape index (κ3) is 4.74. The number of nitrogens with one attached hydrogen (secondary N) is 2. The highest BCUT2D eigenvalue weighted by Gasteiger charge is 2.23. The summed E-state index contributed by atoms with van der Waals surface area (Å²) < 4.78 is 10.00. The normalized spacial score (nSPS) is 13.2. The van der Waals surface area contributed by atoms with Gasteiger partial charge in [-0.1, -0.05) is 29.3 Å². The highest BCUT2D eigenvalue weighted by molar-refractivity contribution is 6.42. The van der Waals surface area contributed by atoms with Crippen LogP contribution in [0.3, 0.4) is 0 Å². The second kappa shape index (κ2) is 9.37. The molecular formula is C21H17Cl2N5O4. The van der Waals surface area contributed by atoms with Gasteiger partial charge in [0.05, 0.1) is 42.0 Å². The lowest BCUT2D eigenvalue weighted by Gasteiger charge is -2.17. The van der Waals surface area contributed by atoms with Gasteiger partial charge in [0.25, 0.3) is 0 Å². The summed E-state index contributed by atoms with van der Waals surface area (Å²) in [5, 5.41) is 6.24. The van der Waals surface area contributed by atoms with Gasteiger partial charge in [-0.15, -0.1) is 0 Å². The molecule has 3 aromatic rings. The van der Waals surface area contributed by atoms with Crippen LogP contribution in [0.4, 0.5) is 4.79 Å². The monoisotopic (exact) mass is 473 g/mol. The number of methoxy groups -OCH3 is 1. The third-order valence-electron chi connectivity index (χ3n) is 4.77. The molecule has 164 valence electrons. The summed E-state index contributed by atoms with van der Waals surface area (Å²) in [5.74, 6) is 0.558. The average molecular weight is 474 g/mol. The van der Waals surface area contributed by atoms with Gasteiger partial charge < -0.3 is 14.5 Å². The van der Waals surface area contributed by atoms with Crippen molar-refractivity contribution in [2.45, 2.75) is 19.0 Å². The van der Waals surface area contributed by atoms with E-state index < -0.39 is 12.1 Å². The third-order valence-corrected chi connectivity index (χ3v) is 5.51. The maximum absolute atomic E-state index is 12.8. The van der Waals surface area contributed by atoms with Crippen LogP contribution in [0.15, 0.2) is 52.5 Å². The van der Waals surface area contributed by atoms with Crippen LogP contribution in [0, 0.1) is 0 Å². The number of alkyl carbamates (subject to hydrolysis) is 1. The van der Waals surface area contributed by atoms with Gasteiger partial charge in [-0.25, -0.2) is 9.78 Å². The van der Waals surface area contributed by atoms with Crippen molar-refractivity contribution in [3.8, 4) is 0 Å². The minimum absolute atomic E-state index is 0.0268. The topological polar surface area (TPSA) is 119 Å². The predicted octanol–water partition coefficient (Wildman–Crippen LogP) is 3.44. The second-order valence-corrected chi connectivity index (χ2v) is 7.68. The molecule has 0 spiro atoms. The Morgan fingerprint density at radius 2 is 2.06 bits per heavy atom. The molecule has 0 fully saturated rings. The van der Waals surface area contributed by atoms with Crippen molar-refractivity contribution in [1.82, 2.24) is 20.6 Å². The zero-order chi connectivity index (χ0) is 22.7. The minimum Gasteiger partial charge on any atom is -0.453 e. The molecule has 2 N–H and O–H groups in total. The van der Waals surface area contributed by atoms with Crippen LogP contribution in [0.1, 0.15) is 34.2 Å². The number of carbonyl (C=O) groups excluding carboxylic acids is 2. The van der Waals surface area contributed by atoms with E-state index in [1.165, 1.54) is 19.7 Å². The largest absolute Gasteiger partial charge is 0.453 e. The van der Waals surface area contributed by atoms with Crippen molar-refractivity contribution in [1.29, 1.82) is 0 Å². The number of oxazole rings is 1. The lowest BCUT2D eigenvalue weighted by molar-refractivity contribution is -0.121. The molecule has 0 saturated carbocycles. The van der Waals surface area contributed by atoms with E-state index in [1.807, 2.05) is 0 Å². The number of benzene rings is 1. The number of carbonyl (C=O) groups is 2. The number of amidine groups is 1. The molecule has 1 aliphatic heterocycles. The van der Waals surface area contributed by atoms with E-state index in [0.717, 1.165) is 5.56 Å². The number of rotatable bonds is 5. The molecular weight excluding hydrogens is 457 g/mol. The molecule has 4 rings (SSSR count). The van der Waals surface area contributed by atoms with Gasteiger partial charge in [-0.3, -0.25) is 20.1 Å². The van der Waals surface area contributed by atoms with Crippen LogP contribution < -0.4 is 10.6 Å². The Hall–Kier alpha value is -3.43. The minimum atomic E-state index is -0.610. The molecule has 2 amide bonds. The summed E-state index contributed by atoms with van der Waals surface area (Å²) in [6.07, 6.45) is 3.80. The second-order valence-electron chi connectivity index (χ2n) is 6.87. The van der Waals surface area contributed by atoms with Crippen LogP contribution in [0.25, 0.3) is 0 Å². The van der Waals surface area contributed by atoms with E-state index in [0.29, 0.717) is 45.0 Å². The molecule has 1 aromatic carbocycles. The number of amides is 2. The number of nitrogens with zero attached hydrogens (tertiary/aromatic N) is 3. The van der Waals surface area contributed by atoms with E-state index in [4.69, 9.17) is 27.6 Å². The maximum Gasteiger partial charge on any atom is 0.412 e. The van der Waals surface area contributed by atoms with Crippen LogP contribution >= 0.6 is 23.2 Å².